The van der Waals surface area contributed by atoms with Crippen molar-refractivity contribution in [3.05, 3.63) is 34.3 Å². The Labute approximate surface area is 140 Å². The molecule has 3 nitrogen and oxygen atoms in total. The zero-order chi connectivity index (χ0) is 15.1. The molecule has 1 aromatic carbocycles. The minimum absolute atomic E-state index is 0.0180. The fourth-order valence-corrected chi connectivity index (χ4v) is 4.77. The molecule has 0 aromatic heterocycles. The molecule has 4 atom stereocenters. The minimum atomic E-state index is 0.0180. The number of carbonyl (C=O) groups is 1. The van der Waals surface area contributed by atoms with Crippen molar-refractivity contribution in [3.8, 4) is 0 Å². The lowest BCUT2D eigenvalue weighted by Gasteiger charge is -2.36. The van der Waals surface area contributed by atoms with Crippen LogP contribution in [0.4, 0.5) is 0 Å². The van der Waals surface area contributed by atoms with Crippen LogP contribution in [0.3, 0.4) is 0 Å². The SMILES string of the molecule is O=C(C1CC2CCC1C2)N1CCOC(c2ccc(Br)cc2)C1. The van der Waals surface area contributed by atoms with Gasteiger partial charge in [-0.1, -0.05) is 34.5 Å². The summed E-state index contributed by atoms with van der Waals surface area (Å²) < 4.78 is 6.97. The van der Waals surface area contributed by atoms with Crippen molar-refractivity contribution in [3.63, 3.8) is 0 Å². The average molecular weight is 364 g/mol. The van der Waals surface area contributed by atoms with Crippen LogP contribution >= 0.6 is 15.9 Å². The highest BCUT2D eigenvalue weighted by Crippen LogP contribution is 2.49. The molecule has 1 aromatic rings. The van der Waals surface area contributed by atoms with Crippen LogP contribution in [-0.4, -0.2) is 30.5 Å². The first-order chi connectivity index (χ1) is 10.7. The second kappa shape index (κ2) is 5.97. The summed E-state index contributed by atoms with van der Waals surface area (Å²) in [6.07, 6.45) is 5.05. The Bertz CT molecular complexity index is 559. The van der Waals surface area contributed by atoms with Crippen molar-refractivity contribution in [1.82, 2.24) is 4.90 Å². The fourth-order valence-electron chi connectivity index (χ4n) is 4.51. The van der Waals surface area contributed by atoms with E-state index in [4.69, 9.17) is 4.74 Å². The van der Waals surface area contributed by atoms with Crippen LogP contribution in [-0.2, 0) is 9.53 Å². The van der Waals surface area contributed by atoms with E-state index in [0.717, 1.165) is 28.9 Å². The summed E-state index contributed by atoms with van der Waals surface area (Å²) in [6, 6.07) is 8.24. The van der Waals surface area contributed by atoms with E-state index in [1.54, 1.807) is 0 Å². The van der Waals surface area contributed by atoms with Gasteiger partial charge in [-0.05, 0) is 48.8 Å². The number of ether oxygens (including phenoxy) is 1. The van der Waals surface area contributed by atoms with Crippen LogP contribution < -0.4 is 0 Å². The minimum Gasteiger partial charge on any atom is -0.370 e. The Kier molecular flexibility index (Phi) is 3.99. The summed E-state index contributed by atoms with van der Waals surface area (Å²) in [5, 5.41) is 0. The monoisotopic (exact) mass is 363 g/mol. The number of rotatable bonds is 2. The number of amides is 1. The lowest BCUT2D eigenvalue weighted by molar-refractivity contribution is -0.145. The van der Waals surface area contributed by atoms with Crippen molar-refractivity contribution >= 4 is 21.8 Å². The molecule has 4 heteroatoms. The van der Waals surface area contributed by atoms with Gasteiger partial charge in [0.2, 0.25) is 5.91 Å². The Morgan fingerprint density at radius 3 is 2.68 bits per heavy atom. The van der Waals surface area contributed by atoms with Crippen LogP contribution in [0.25, 0.3) is 0 Å². The van der Waals surface area contributed by atoms with Gasteiger partial charge in [0.25, 0.3) is 0 Å². The summed E-state index contributed by atoms with van der Waals surface area (Å²) >= 11 is 3.46. The molecule has 3 aliphatic rings. The summed E-state index contributed by atoms with van der Waals surface area (Å²) in [4.78, 5) is 14.9. The van der Waals surface area contributed by atoms with E-state index in [2.05, 4.69) is 33.0 Å². The molecule has 4 unspecified atom stereocenters. The second-order valence-electron chi connectivity index (χ2n) is 6.98. The van der Waals surface area contributed by atoms with Gasteiger partial charge >= 0.3 is 0 Å². The van der Waals surface area contributed by atoms with Crippen molar-refractivity contribution in [2.45, 2.75) is 31.8 Å². The highest BCUT2D eigenvalue weighted by molar-refractivity contribution is 9.10. The molecular weight excluding hydrogens is 342 g/mol. The molecule has 4 rings (SSSR count). The molecule has 118 valence electrons. The average Bonchev–Trinajstić information content (AvgIpc) is 3.18. The van der Waals surface area contributed by atoms with E-state index in [0.29, 0.717) is 30.9 Å². The van der Waals surface area contributed by atoms with Crippen LogP contribution in [0.15, 0.2) is 28.7 Å². The summed E-state index contributed by atoms with van der Waals surface area (Å²) in [5.74, 6) is 2.16. The highest BCUT2D eigenvalue weighted by atomic mass is 79.9. The van der Waals surface area contributed by atoms with E-state index < -0.39 is 0 Å². The number of fused-ring (bicyclic) bond motifs is 2. The van der Waals surface area contributed by atoms with Gasteiger partial charge in [-0.2, -0.15) is 0 Å². The standard InChI is InChI=1S/C18H22BrNO2/c19-15-5-3-13(4-6-15)17-11-20(7-8-22-17)18(21)16-10-12-1-2-14(16)9-12/h3-6,12,14,16-17H,1-2,7-11H2. The first kappa shape index (κ1) is 14.7. The smallest absolute Gasteiger partial charge is 0.226 e. The van der Waals surface area contributed by atoms with Crippen molar-refractivity contribution < 1.29 is 9.53 Å². The van der Waals surface area contributed by atoms with Crippen LogP contribution in [0, 0.1) is 17.8 Å². The van der Waals surface area contributed by atoms with E-state index >= 15 is 0 Å². The summed E-state index contributed by atoms with van der Waals surface area (Å²) in [6.45, 7) is 2.10. The molecule has 0 N–H and O–H groups in total. The lowest BCUT2D eigenvalue weighted by atomic mass is 9.87. The predicted molar refractivity (Wildman–Crippen MR) is 88.4 cm³/mol. The maximum absolute atomic E-state index is 12.9. The molecule has 2 bridgehead atoms. The van der Waals surface area contributed by atoms with E-state index in [9.17, 15) is 4.79 Å². The molecule has 1 amide bonds. The Morgan fingerprint density at radius 2 is 2.00 bits per heavy atom. The van der Waals surface area contributed by atoms with Crippen molar-refractivity contribution in [2.75, 3.05) is 19.7 Å². The predicted octanol–water partition coefficient (Wildman–Crippen LogP) is 3.79. The Morgan fingerprint density at radius 1 is 1.18 bits per heavy atom. The van der Waals surface area contributed by atoms with Gasteiger partial charge in [0, 0.05) is 16.9 Å². The molecular formula is C18H22BrNO2. The number of benzene rings is 1. The van der Waals surface area contributed by atoms with Gasteiger partial charge in [-0.15, -0.1) is 0 Å². The van der Waals surface area contributed by atoms with E-state index in [1.165, 1.54) is 19.3 Å². The maximum atomic E-state index is 12.9. The zero-order valence-electron chi connectivity index (χ0n) is 12.7. The first-order valence-electron chi connectivity index (χ1n) is 8.36. The van der Waals surface area contributed by atoms with Crippen molar-refractivity contribution in [2.24, 2.45) is 17.8 Å². The molecule has 2 aliphatic carbocycles. The molecule has 2 saturated carbocycles. The maximum Gasteiger partial charge on any atom is 0.226 e. The summed E-state index contributed by atoms with van der Waals surface area (Å²) in [5.41, 5.74) is 1.16. The van der Waals surface area contributed by atoms with Gasteiger partial charge < -0.3 is 9.64 Å². The quantitative estimate of drug-likeness (QED) is 0.799. The number of hydrogen-bond acceptors (Lipinski definition) is 2. The van der Waals surface area contributed by atoms with E-state index in [1.807, 2.05) is 12.1 Å². The normalized spacial score (nSPS) is 34.1. The third kappa shape index (κ3) is 2.71. The fraction of sp³-hybridized carbons (Fsp3) is 0.611. The first-order valence-corrected chi connectivity index (χ1v) is 9.16. The third-order valence-corrected chi connectivity index (χ3v) is 6.20. The largest absolute Gasteiger partial charge is 0.370 e. The molecule has 1 aliphatic heterocycles. The molecule has 0 spiro atoms. The van der Waals surface area contributed by atoms with Crippen LogP contribution in [0.5, 0.6) is 0 Å². The molecule has 22 heavy (non-hydrogen) atoms. The molecule has 3 fully saturated rings. The van der Waals surface area contributed by atoms with Gasteiger partial charge in [0.1, 0.15) is 6.10 Å². The Hall–Kier alpha value is -0.870. The van der Waals surface area contributed by atoms with Gasteiger partial charge in [-0.25, -0.2) is 0 Å². The van der Waals surface area contributed by atoms with Crippen molar-refractivity contribution in [1.29, 1.82) is 0 Å². The molecule has 1 saturated heterocycles. The number of halogens is 1. The number of carbonyl (C=O) groups excluding carboxylic acids is 1. The molecule has 1 heterocycles. The number of morpholine rings is 1. The van der Waals surface area contributed by atoms with Crippen LogP contribution in [0.2, 0.25) is 0 Å². The summed E-state index contributed by atoms with van der Waals surface area (Å²) in [7, 11) is 0. The second-order valence-corrected chi connectivity index (χ2v) is 7.89. The topological polar surface area (TPSA) is 29.5 Å². The number of hydrogen-bond donors (Lipinski definition) is 0. The van der Waals surface area contributed by atoms with Gasteiger partial charge in [-0.3, -0.25) is 4.79 Å². The number of nitrogens with zero attached hydrogens (tertiary/aromatic N) is 1. The zero-order valence-corrected chi connectivity index (χ0v) is 14.3. The third-order valence-electron chi connectivity index (χ3n) is 5.68. The molecule has 0 radical (unpaired) electrons. The van der Waals surface area contributed by atoms with Crippen LogP contribution in [0.1, 0.15) is 37.4 Å². The highest BCUT2D eigenvalue weighted by Gasteiger charge is 2.45. The van der Waals surface area contributed by atoms with E-state index in [-0.39, 0.29) is 6.10 Å². The lowest BCUT2D eigenvalue weighted by Crippen LogP contribution is -2.45. The van der Waals surface area contributed by atoms with Gasteiger partial charge in [0.05, 0.1) is 13.2 Å². The Balaban J connectivity index is 1.44. The van der Waals surface area contributed by atoms with Gasteiger partial charge in [0.15, 0.2) is 0 Å².